The lowest BCUT2D eigenvalue weighted by atomic mass is 9.89. The van der Waals surface area contributed by atoms with E-state index in [2.05, 4.69) is 266 Å². The minimum atomic E-state index is 1.09. The van der Waals surface area contributed by atoms with Gasteiger partial charge in [-0.15, -0.1) is 0 Å². The van der Waals surface area contributed by atoms with Gasteiger partial charge >= 0.3 is 0 Å². The first-order valence-corrected chi connectivity index (χ1v) is 22.4. The molecule has 0 bridgehead atoms. The van der Waals surface area contributed by atoms with E-state index in [-0.39, 0.29) is 0 Å². The van der Waals surface area contributed by atoms with Crippen LogP contribution in [-0.4, -0.2) is 0 Å². The van der Waals surface area contributed by atoms with Crippen LogP contribution in [0.25, 0.3) is 98.7 Å². The van der Waals surface area contributed by atoms with Crippen molar-refractivity contribution in [3.63, 3.8) is 0 Å². The first-order valence-electron chi connectivity index (χ1n) is 22.4. The van der Waals surface area contributed by atoms with Crippen LogP contribution in [0.4, 0.5) is 17.1 Å². The quantitative estimate of drug-likeness (QED) is 0.138. The summed E-state index contributed by atoms with van der Waals surface area (Å²) in [7, 11) is 0. The predicted molar refractivity (Wildman–Crippen MR) is 278 cm³/mol. The van der Waals surface area contributed by atoms with Crippen LogP contribution < -0.4 is 4.90 Å². The van der Waals surface area contributed by atoms with Gasteiger partial charge in [0.15, 0.2) is 0 Å². The van der Waals surface area contributed by atoms with Crippen LogP contribution in [0.5, 0.6) is 0 Å². The highest BCUT2D eigenvalue weighted by molar-refractivity contribution is 6.28. The molecule has 1 nitrogen and oxygen atoms in total. The lowest BCUT2D eigenvalue weighted by Crippen LogP contribution is -2.10. The van der Waals surface area contributed by atoms with Crippen molar-refractivity contribution in [2.75, 3.05) is 4.90 Å². The molecule has 0 aliphatic carbocycles. The van der Waals surface area contributed by atoms with Gasteiger partial charge in [0.25, 0.3) is 0 Å². The molecule has 0 saturated heterocycles. The molecule has 0 fully saturated rings. The molecule has 65 heavy (non-hydrogen) atoms. The van der Waals surface area contributed by atoms with Crippen molar-refractivity contribution in [2.45, 2.75) is 0 Å². The molecule has 0 aliphatic rings. The third kappa shape index (κ3) is 6.82. The summed E-state index contributed by atoms with van der Waals surface area (Å²) in [6, 6.07) is 95.2. The number of hydrogen-bond donors (Lipinski definition) is 0. The molecule has 1 heteroatoms. The second kappa shape index (κ2) is 16.3. The zero-order valence-corrected chi connectivity index (χ0v) is 35.8. The number of anilines is 3. The highest BCUT2D eigenvalue weighted by atomic mass is 15.1. The molecule has 304 valence electrons. The number of rotatable bonds is 8. The van der Waals surface area contributed by atoms with Crippen LogP contribution in [0.3, 0.4) is 0 Å². The van der Waals surface area contributed by atoms with E-state index in [1.165, 1.54) is 98.7 Å². The molecule has 0 spiro atoms. The topological polar surface area (TPSA) is 3.24 Å². The molecule has 0 aliphatic heterocycles. The average molecular weight is 826 g/mol. The minimum Gasteiger partial charge on any atom is -0.310 e. The van der Waals surface area contributed by atoms with Crippen LogP contribution in [0.1, 0.15) is 0 Å². The van der Waals surface area contributed by atoms with E-state index in [1.807, 2.05) is 0 Å². The Labute approximate surface area is 379 Å². The summed E-state index contributed by atoms with van der Waals surface area (Å²) in [5, 5.41) is 9.97. The third-order valence-electron chi connectivity index (χ3n) is 13.1. The molecule has 0 saturated carbocycles. The molecular weight excluding hydrogens is 783 g/mol. The molecule has 12 aromatic rings. The minimum absolute atomic E-state index is 1.09. The fourth-order valence-electron chi connectivity index (χ4n) is 10.0. The van der Waals surface area contributed by atoms with Crippen molar-refractivity contribution in [1.82, 2.24) is 0 Å². The van der Waals surface area contributed by atoms with Crippen molar-refractivity contribution >= 4 is 60.2 Å². The van der Waals surface area contributed by atoms with Gasteiger partial charge in [-0.1, -0.05) is 224 Å². The van der Waals surface area contributed by atoms with E-state index < -0.39 is 0 Å². The largest absolute Gasteiger partial charge is 0.310 e. The fourth-order valence-corrected chi connectivity index (χ4v) is 10.0. The summed E-state index contributed by atoms with van der Waals surface area (Å²) in [4.78, 5) is 2.45. The van der Waals surface area contributed by atoms with Crippen LogP contribution in [0, 0.1) is 0 Å². The van der Waals surface area contributed by atoms with Gasteiger partial charge in [-0.2, -0.15) is 0 Å². The van der Waals surface area contributed by atoms with Crippen LogP contribution >= 0.6 is 0 Å². The zero-order valence-electron chi connectivity index (χ0n) is 35.8. The molecular formula is C64H43N. The number of hydrogen-bond acceptors (Lipinski definition) is 1. The van der Waals surface area contributed by atoms with Crippen LogP contribution in [0.2, 0.25) is 0 Å². The maximum absolute atomic E-state index is 2.45. The van der Waals surface area contributed by atoms with Crippen molar-refractivity contribution < 1.29 is 0 Å². The van der Waals surface area contributed by atoms with Gasteiger partial charge in [0.2, 0.25) is 0 Å². The van der Waals surface area contributed by atoms with Gasteiger partial charge in [0.1, 0.15) is 0 Å². The lowest BCUT2D eigenvalue weighted by molar-refractivity contribution is 1.30. The molecule has 0 heterocycles. The van der Waals surface area contributed by atoms with Crippen molar-refractivity contribution in [3.8, 4) is 55.6 Å². The molecule has 0 radical (unpaired) electrons. The molecule has 0 amide bonds. The Bertz CT molecular complexity index is 3620. The Hall–Kier alpha value is -8.52. The monoisotopic (exact) mass is 825 g/mol. The molecule has 0 N–H and O–H groups in total. The number of fused-ring (bicyclic) bond motifs is 7. The standard InChI is InChI=1S/C64H43N/c1-4-17-45(18-5-1)53-41-36-50(43-61(53)47-21-8-3-9-22-47)44-31-37-51(38-32-44)65(62-30-16-29-60-58-26-13-12-25-56(58)57-27-14-15-28-59(57)64(60)62)52-39-33-49(34-40-52)63-54-24-11-10-23-48(54)35-42-55(63)46-19-6-2-7-20-46/h1-43H. The van der Waals surface area contributed by atoms with Crippen molar-refractivity contribution in [2.24, 2.45) is 0 Å². The van der Waals surface area contributed by atoms with Crippen LogP contribution in [-0.2, 0) is 0 Å². The van der Waals surface area contributed by atoms with Gasteiger partial charge in [-0.25, -0.2) is 0 Å². The van der Waals surface area contributed by atoms with Gasteiger partial charge in [-0.3, -0.25) is 0 Å². The van der Waals surface area contributed by atoms with E-state index in [9.17, 15) is 0 Å². The second-order valence-electron chi connectivity index (χ2n) is 16.8. The molecule has 0 aromatic heterocycles. The maximum atomic E-state index is 2.45. The van der Waals surface area contributed by atoms with Gasteiger partial charge < -0.3 is 4.90 Å². The van der Waals surface area contributed by atoms with E-state index in [4.69, 9.17) is 0 Å². The van der Waals surface area contributed by atoms with E-state index in [0.717, 1.165) is 17.1 Å². The summed E-state index contributed by atoms with van der Waals surface area (Å²) < 4.78 is 0. The summed E-state index contributed by atoms with van der Waals surface area (Å²) in [5.41, 5.74) is 15.4. The van der Waals surface area contributed by atoms with Crippen molar-refractivity contribution in [1.29, 1.82) is 0 Å². The van der Waals surface area contributed by atoms with Crippen molar-refractivity contribution in [3.05, 3.63) is 261 Å². The Kier molecular flexibility index (Phi) is 9.58. The Morgan fingerprint density at radius 1 is 0.231 bits per heavy atom. The normalized spacial score (nSPS) is 11.4. The molecule has 0 unspecified atom stereocenters. The number of benzene rings is 12. The van der Waals surface area contributed by atoms with E-state index in [0.29, 0.717) is 0 Å². The van der Waals surface area contributed by atoms with E-state index >= 15 is 0 Å². The Morgan fingerprint density at radius 3 is 1.26 bits per heavy atom. The zero-order chi connectivity index (χ0) is 43.1. The number of nitrogens with zero attached hydrogens (tertiary/aromatic N) is 1. The van der Waals surface area contributed by atoms with Gasteiger partial charge in [-0.05, 0) is 130 Å². The predicted octanol–water partition coefficient (Wildman–Crippen LogP) is 18.1. The SMILES string of the molecule is c1ccc(-c2ccc(-c3ccc(N(c4ccc(-c5c(-c6ccccc6)ccc6ccccc56)cc4)c4cccc5c6ccccc6c6ccccc6c45)cc3)cc2-c2ccccc2)cc1. The fraction of sp³-hybridized carbons (Fsp3) is 0. The first kappa shape index (κ1) is 38.2. The van der Waals surface area contributed by atoms with Crippen LogP contribution in [0.15, 0.2) is 261 Å². The average Bonchev–Trinajstić information content (AvgIpc) is 3.39. The van der Waals surface area contributed by atoms with E-state index in [1.54, 1.807) is 0 Å². The summed E-state index contributed by atoms with van der Waals surface area (Å²) >= 11 is 0. The van der Waals surface area contributed by atoms with Gasteiger partial charge in [0.05, 0.1) is 5.69 Å². The molecule has 12 rings (SSSR count). The maximum Gasteiger partial charge on any atom is 0.0546 e. The van der Waals surface area contributed by atoms with Gasteiger partial charge in [0, 0.05) is 16.8 Å². The third-order valence-corrected chi connectivity index (χ3v) is 13.1. The highest BCUT2D eigenvalue weighted by Gasteiger charge is 2.21. The Balaban J connectivity index is 1.04. The first-order chi connectivity index (χ1) is 32.3. The summed E-state index contributed by atoms with van der Waals surface area (Å²) in [6.07, 6.45) is 0. The summed E-state index contributed by atoms with van der Waals surface area (Å²) in [6.45, 7) is 0. The smallest absolute Gasteiger partial charge is 0.0546 e. The summed E-state index contributed by atoms with van der Waals surface area (Å²) in [5.74, 6) is 0. The molecule has 12 aromatic carbocycles. The highest BCUT2D eigenvalue weighted by Crippen LogP contribution is 2.46. The lowest BCUT2D eigenvalue weighted by Gasteiger charge is -2.28. The molecule has 0 atom stereocenters. The second-order valence-corrected chi connectivity index (χ2v) is 16.8. The Morgan fingerprint density at radius 2 is 0.662 bits per heavy atom.